The number of urea groups is 1. The minimum atomic E-state index is -0.204. The fourth-order valence-electron chi connectivity index (χ4n) is 4.05. The zero-order valence-electron chi connectivity index (χ0n) is 17.1. The van der Waals surface area contributed by atoms with Crippen LogP contribution in [-0.2, 0) is 11.3 Å². The lowest BCUT2D eigenvalue weighted by molar-refractivity contribution is -0.117. The number of aromatic nitrogens is 2. The average Bonchev–Trinajstić information content (AvgIpc) is 2.74. The number of anilines is 2. The van der Waals surface area contributed by atoms with Gasteiger partial charge in [0.2, 0.25) is 11.9 Å². The van der Waals surface area contributed by atoms with Crippen molar-refractivity contribution in [3.05, 3.63) is 61.4 Å². The Hall–Kier alpha value is -3.42. The van der Waals surface area contributed by atoms with Gasteiger partial charge < -0.3 is 16.0 Å². The first kappa shape index (κ1) is 21.3. The van der Waals surface area contributed by atoms with E-state index >= 15 is 0 Å². The molecule has 0 radical (unpaired) electrons. The molecule has 30 heavy (non-hydrogen) atoms. The summed E-state index contributed by atoms with van der Waals surface area (Å²) in [5.41, 5.74) is 7.55. The van der Waals surface area contributed by atoms with Crippen LogP contribution in [0.1, 0.15) is 34.1 Å². The molecule has 2 atom stereocenters. The lowest BCUT2D eigenvalue weighted by Gasteiger charge is -2.43. The number of carbonyl (C=O) groups is 2. The van der Waals surface area contributed by atoms with Crippen LogP contribution in [0, 0.1) is 0 Å². The number of amides is 3. The van der Waals surface area contributed by atoms with Crippen molar-refractivity contribution in [1.82, 2.24) is 20.2 Å². The first-order valence-electron chi connectivity index (χ1n) is 10.0. The topological polar surface area (TPSA) is 104 Å². The lowest BCUT2D eigenvalue weighted by Crippen LogP contribution is -2.55. The van der Waals surface area contributed by atoms with E-state index in [9.17, 15) is 9.59 Å². The fraction of sp³-hybridized carbons (Fsp3) is 0.364. The Kier molecular flexibility index (Phi) is 6.66. The van der Waals surface area contributed by atoms with Crippen molar-refractivity contribution in [2.24, 2.45) is 0 Å². The van der Waals surface area contributed by atoms with Gasteiger partial charge in [0.05, 0.1) is 6.54 Å². The molecule has 0 bridgehead atoms. The second kappa shape index (κ2) is 9.39. The van der Waals surface area contributed by atoms with Gasteiger partial charge in [0.25, 0.3) is 0 Å². The average molecular weight is 413 g/mol. The third-order valence-corrected chi connectivity index (χ3v) is 5.44. The van der Waals surface area contributed by atoms with Crippen molar-refractivity contribution in [2.45, 2.75) is 44.3 Å². The summed E-state index contributed by atoms with van der Waals surface area (Å²) in [6, 6.07) is -0.268. The van der Waals surface area contributed by atoms with Crippen molar-refractivity contribution in [3.8, 4) is 0 Å². The molecule has 1 aromatic rings. The summed E-state index contributed by atoms with van der Waals surface area (Å²) in [5, 5.41) is 2.96. The third-order valence-electron chi connectivity index (χ3n) is 5.44. The monoisotopic (exact) mass is 412 g/mol. The highest BCUT2D eigenvalue weighted by Gasteiger charge is 2.39. The summed E-state index contributed by atoms with van der Waals surface area (Å²) in [6.45, 7) is 11.8. The molecule has 162 valence electrons. The van der Waals surface area contributed by atoms with Crippen LogP contribution < -0.4 is 16.0 Å². The van der Waals surface area contributed by atoms with E-state index < -0.39 is 0 Å². The quantitative estimate of drug-likeness (QED) is 0.529. The molecule has 3 N–H and O–H groups in total. The molecule has 8 nitrogen and oxygen atoms in total. The van der Waals surface area contributed by atoms with Crippen molar-refractivity contribution in [2.75, 3.05) is 17.2 Å². The molecule has 0 saturated heterocycles. The van der Waals surface area contributed by atoms with Gasteiger partial charge in [-0.25, -0.2) is 9.78 Å². The van der Waals surface area contributed by atoms with Crippen LogP contribution in [0.4, 0.5) is 16.6 Å². The predicted octanol–water partition coefficient (Wildman–Crippen LogP) is 3.20. The molecule has 1 aliphatic carbocycles. The van der Waals surface area contributed by atoms with Gasteiger partial charge in [-0.3, -0.25) is 9.69 Å². The number of carbonyl (C=O) groups excluding carboxylic acids is 2. The summed E-state index contributed by atoms with van der Waals surface area (Å²) in [5.74, 6) is 0.479. The van der Waals surface area contributed by atoms with Crippen molar-refractivity contribution < 1.29 is 12.4 Å². The Bertz CT molecular complexity index is 904. The molecule has 1 saturated carbocycles. The highest BCUT2D eigenvalue weighted by Crippen LogP contribution is 2.34. The van der Waals surface area contributed by atoms with Crippen LogP contribution >= 0.6 is 0 Å². The van der Waals surface area contributed by atoms with Gasteiger partial charge in [0.1, 0.15) is 5.82 Å². The van der Waals surface area contributed by atoms with Crippen LogP contribution in [0.15, 0.2) is 55.8 Å². The Labute approximate surface area is 179 Å². The van der Waals surface area contributed by atoms with Crippen molar-refractivity contribution in [1.29, 1.82) is 0 Å². The molecule has 2 aliphatic rings. The molecule has 3 rings (SSSR count). The van der Waals surface area contributed by atoms with Crippen LogP contribution in [0.5, 0.6) is 0 Å². The molecule has 2 unspecified atom stereocenters. The van der Waals surface area contributed by atoms with E-state index in [-0.39, 0.29) is 32.8 Å². The first-order valence-corrected chi connectivity index (χ1v) is 10.0. The van der Waals surface area contributed by atoms with Crippen LogP contribution in [-0.4, -0.2) is 45.4 Å². The van der Waals surface area contributed by atoms with E-state index in [0.717, 1.165) is 30.4 Å². The molecule has 3 amide bonds. The molecule has 0 spiro atoms. The Morgan fingerprint density at radius 3 is 2.83 bits per heavy atom. The second-order valence-corrected chi connectivity index (χ2v) is 7.50. The summed E-state index contributed by atoms with van der Waals surface area (Å²) >= 11 is 0. The maximum absolute atomic E-state index is 13.5. The molecule has 0 aromatic carbocycles. The number of fused-ring (bicyclic) bond motifs is 1. The van der Waals surface area contributed by atoms with Gasteiger partial charge in [-0.05, 0) is 37.3 Å². The zero-order chi connectivity index (χ0) is 21.7. The Morgan fingerprint density at radius 1 is 1.33 bits per heavy atom. The van der Waals surface area contributed by atoms with Crippen LogP contribution in [0.2, 0.25) is 0 Å². The molecule has 1 aromatic heterocycles. The van der Waals surface area contributed by atoms with E-state index in [1.54, 1.807) is 28.1 Å². The van der Waals surface area contributed by atoms with Crippen LogP contribution in [0.25, 0.3) is 0 Å². The van der Waals surface area contributed by atoms with Gasteiger partial charge in [0.15, 0.2) is 0 Å². The third kappa shape index (κ3) is 4.59. The van der Waals surface area contributed by atoms with Gasteiger partial charge in [-0.2, -0.15) is 4.98 Å². The number of nitrogens with two attached hydrogens (primary N) is 1. The smallest absolute Gasteiger partial charge is 0.326 e. The molecular formula is C22H32N6O2. The fourth-order valence-corrected chi connectivity index (χ4v) is 4.05. The maximum atomic E-state index is 13.5. The second-order valence-electron chi connectivity index (χ2n) is 7.50. The van der Waals surface area contributed by atoms with Gasteiger partial charge in [0, 0.05) is 33.2 Å². The molecular weight excluding hydrogens is 380 g/mol. The molecule has 1 fully saturated rings. The van der Waals surface area contributed by atoms with Crippen molar-refractivity contribution in [3.63, 3.8) is 0 Å². The van der Waals surface area contributed by atoms with Gasteiger partial charge in [-0.1, -0.05) is 38.0 Å². The number of hydrogen-bond acceptors (Lipinski definition) is 5. The minimum Gasteiger partial charge on any atom is -0.368 e. The highest BCUT2D eigenvalue weighted by molar-refractivity contribution is 5.94. The number of hydrogen-bond donors (Lipinski definition) is 2. The van der Waals surface area contributed by atoms with E-state index in [1.165, 1.54) is 6.08 Å². The number of rotatable bonds is 7. The first-order chi connectivity index (χ1) is 14.5. The number of nitrogens with zero attached hydrogens (tertiary/aromatic N) is 4. The van der Waals surface area contributed by atoms with E-state index in [1.807, 2.05) is 6.08 Å². The summed E-state index contributed by atoms with van der Waals surface area (Å²) in [6.07, 6.45) is 11.4. The predicted molar refractivity (Wildman–Crippen MR) is 122 cm³/mol. The molecule has 8 heteroatoms. The SMILES string of the molecule is C=C/C=C(\C=C)CN1Cc2cnc(N)nc2N(C2CCCC(NC(=O)C=C)C2)C1=O.[HH].[HH]. The normalized spacial score (nSPS) is 21.6. The van der Waals surface area contributed by atoms with Crippen LogP contribution in [0.3, 0.4) is 0 Å². The molecule has 2 heterocycles. The lowest BCUT2D eigenvalue weighted by atomic mass is 9.89. The van der Waals surface area contributed by atoms with Gasteiger partial charge >= 0.3 is 6.03 Å². The standard InChI is InChI=1S/C22H28N6O2.2H2/c1-4-8-15(5-2)13-27-14-16-12-24-21(23)26-20(16)28(22(27)30)18-10-7-9-17(11-18)25-19(29)6-3;;/h4-6,8,12,17-18H,1-3,7,9-11,13-14H2,(H,25,29)(H2,23,24,26);2*1H/b15-8+;;. The Balaban J connectivity index is 0.00000256. The maximum Gasteiger partial charge on any atom is 0.326 e. The minimum absolute atomic E-state index is 0. The number of allylic oxidation sites excluding steroid dienone is 2. The number of nitrogens with one attached hydrogen (secondary N) is 1. The summed E-state index contributed by atoms with van der Waals surface area (Å²) < 4.78 is 0. The number of nitrogen functional groups attached to an aromatic ring is 1. The largest absolute Gasteiger partial charge is 0.368 e. The van der Waals surface area contributed by atoms with Crippen molar-refractivity contribution >= 4 is 23.7 Å². The summed E-state index contributed by atoms with van der Waals surface area (Å²) in [4.78, 5) is 37.2. The van der Waals surface area contributed by atoms with E-state index in [0.29, 0.717) is 25.3 Å². The Morgan fingerprint density at radius 2 is 2.13 bits per heavy atom. The van der Waals surface area contributed by atoms with E-state index in [4.69, 9.17) is 5.73 Å². The van der Waals surface area contributed by atoms with E-state index in [2.05, 4.69) is 35.0 Å². The highest BCUT2D eigenvalue weighted by atomic mass is 16.2. The molecule has 1 aliphatic heterocycles. The summed E-state index contributed by atoms with van der Waals surface area (Å²) in [7, 11) is 0. The zero-order valence-corrected chi connectivity index (χ0v) is 17.1. The van der Waals surface area contributed by atoms with Gasteiger partial charge in [-0.15, -0.1) is 0 Å².